The summed E-state index contributed by atoms with van der Waals surface area (Å²) in [6.07, 6.45) is 3.03. The van der Waals surface area contributed by atoms with E-state index in [0.717, 1.165) is 37.9 Å². The quantitative estimate of drug-likeness (QED) is 0.613. The summed E-state index contributed by atoms with van der Waals surface area (Å²) in [5, 5.41) is 2.55. The van der Waals surface area contributed by atoms with Gasteiger partial charge >= 0.3 is 0 Å². The van der Waals surface area contributed by atoms with Crippen molar-refractivity contribution >= 4 is 39.2 Å². The molecule has 0 aliphatic carbocycles. The van der Waals surface area contributed by atoms with Crippen molar-refractivity contribution in [2.75, 3.05) is 18.8 Å². The second kappa shape index (κ2) is 7.05. The van der Waals surface area contributed by atoms with Crippen LogP contribution in [0.3, 0.4) is 0 Å². The predicted octanol–water partition coefficient (Wildman–Crippen LogP) is 3.14. The Balaban J connectivity index is 1.89. The highest BCUT2D eigenvalue weighted by Gasteiger charge is 2.21. The number of carbonyl (C=O) groups is 1. The number of fused-ring (bicyclic) bond motifs is 1. The summed E-state index contributed by atoms with van der Waals surface area (Å²) in [4.78, 5) is 31.5. The van der Waals surface area contributed by atoms with Crippen LogP contribution in [0.15, 0.2) is 21.4 Å². The summed E-state index contributed by atoms with van der Waals surface area (Å²) in [5.74, 6) is 0.487. The van der Waals surface area contributed by atoms with Crippen molar-refractivity contribution < 1.29 is 4.79 Å². The third-order valence-corrected chi connectivity index (χ3v) is 6.12. The van der Waals surface area contributed by atoms with Gasteiger partial charge in [0.2, 0.25) is 5.91 Å². The molecule has 0 radical (unpaired) electrons. The van der Waals surface area contributed by atoms with Gasteiger partial charge in [0.05, 0.1) is 11.3 Å². The standard InChI is InChI=1S/C16H21N3O2S2/c1-3-11(2)19-15(21)14-12(6-9-22-14)17-16(19)23-10-13(20)18-7-4-5-8-18/h6,9,11H,3-5,7-8,10H2,1-2H3. The molecule has 5 nitrogen and oxygen atoms in total. The summed E-state index contributed by atoms with van der Waals surface area (Å²) in [6, 6.07) is 1.94. The minimum Gasteiger partial charge on any atom is -0.342 e. The summed E-state index contributed by atoms with van der Waals surface area (Å²) in [7, 11) is 0. The Hall–Kier alpha value is -1.34. The highest BCUT2D eigenvalue weighted by molar-refractivity contribution is 7.99. The molecule has 1 aliphatic rings. The fourth-order valence-corrected chi connectivity index (χ4v) is 4.53. The van der Waals surface area contributed by atoms with Crippen LogP contribution in [0.4, 0.5) is 0 Å². The Bertz CT molecular complexity index is 762. The maximum absolute atomic E-state index is 12.7. The first-order valence-corrected chi connectivity index (χ1v) is 9.88. The number of rotatable bonds is 5. The summed E-state index contributed by atoms with van der Waals surface area (Å²) >= 11 is 2.81. The SMILES string of the molecule is CCC(C)n1c(SCC(=O)N2CCCC2)nc2ccsc2c1=O. The van der Waals surface area contributed by atoms with E-state index < -0.39 is 0 Å². The lowest BCUT2D eigenvalue weighted by Crippen LogP contribution is -2.30. The minimum absolute atomic E-state index is 0.00970. The zero-order chi connectivity index (χ0) is 16.4. The first kappa shape index (κ1) is 16.5. The van der Waals surface area contributed by atoms with Gasteiger partial charge in [0.1, 0.15) is 4.70 Å². The van der Waals surface area contributed by atoms with Crippen LogP contribution in [0.1, 0.15) is 39.2 Å². The number of nitrogens with zero attached hydrogens (tertiary/aromatic N) is 3. The Morgan fingerprint density at radius 3 is 2.87 bits per heavy atom. The summed E-state index contributed by atoms with van der Waals surface area (Å²) < 4.78 is 2.45. The van der Waals surface area contributed by atoms with Crippen molar-refractivity contribution in [3.05, 3.63) is 21.8 Å². The number of hydrogen-bond acceptors (Lipinski definition) is 5. The maximum atomic E-state index is 12.7. The van der Waals surface area contributed by atoms with Gasteiger partial charge in [0.15, 0.2) is 5.16 Å². The molecule has 3 rings (SSSR count). The number of aromatic nitrogens is 2. The van der Waals surface area contributed by atoms with Crippen LogP contribution >= 0.6 is 23.1 Å². The summed E-state index contributed by atoms with van der Waals surface area (Å²) in [5.41, 5.74) is 0.742. The van der Waals surface area contributed by atoms with Gasteiger partial charge < -0.3 is 4.90 Å². The highest BCUT2D eigenvalue weighted by Crippen LogP contribution is 2.25. The molecule has 1 aliphatic heterocycles. The Morgan fingerprint density at radius 1 is 1.43 bits per heavy atom. The molecule has 3 heterocycles. The van der Waals surface area contributed by atoms with E-state index in [-0.39, 0.29) is 17.5 Å². The van der Waals surface area contributed by atoms with Gasteiger partial charge in [0.25, 0.3) is 5.56 Å². The first-order valence-electron chi connectivity index (χ1n) is 8.02. The third kappa shape index (κ3) is 3.30. The van der Waals surface area contributed by atoms with Gasteiger partial charge in [-0.25, -0.2) is 4.98 Å². The molecule has 0 saturated carbocycles. The zero-order valence-electron chi connectivity index (χ0n) is 13.4. The van der Waals surface area contributed by atoms with E-state index in [0.29, 0.717) is 15.6 Å². The fourth-order valence-electron chi connectivity index (χ4n) is 2.76. The molecule has 1 amide bonds. The van der Waals surface area contributed by atoms with Crippen LogP contribution in [-0.2, 0) is 4.79 Å². The number of amides is 1. The topological polar surface area (TPSA) is 55.2 Å². The molecule has 2 aromatic heterocycles. The normalized spacial score (nSPS) is 16.2. The van der Waals surface area contributed by atoms with E-state index in [9.17, 15) is 9.59 Å². The van der Waals surface area contributed by atoms with Crippen LogP contribution in [0, 0.1) is 0 Å². The van der Waals surface area contributed by atoms with E-state index in [2.05, 4.69) is 11.9 Å². The van der Waals surface area contributed by atoms with Gasteiger partial charge in [0, 0.05) is 19.1 Å². The van der Waals surface area contributed by atoms with Gasteiger partial charge in [-0.2, -0.15) is 0 Å². The van der Waals surface area contributed by atoms with Gasteiger partial charge in [-0.15, -0.1) is 11.3 Å². The lowest BCUT2D eigenvalue weighted by Gasteiger charge is -2.18. The van der Waals surface area contributed by atoms with Crippen LogP contribution in [0.2, 0.25) is 0 Å². The average molecular weight is 351 g/mol. The minimum atomic E-state index is 0.00970. The van der Waals surface area contributed by atoms with Crippen LogP contribution in [0.5, 0.6) is 0 Å². The fraction of sp³-hybridized carbons (Fsp3) is 0.562. The number of hydrogen-bond donors (Lipinski definition) is 0. The van der Waals surface area contributed by atoms with Crippen LogP contribution in [0.25, 0.3) is 10.2 Å². The van der Waals surface area contributed by atoms with Crippen molar-refractivity contribution in [1.82, 2.24) is 14.5 Å². The molecule has 0 aromatic carbocycles. The lowest BCUT2D eigenvalue weighted by atomic mass is 10.2. The molecule has 7 heteroatoms. The molecule has 23 heavy (non-hydrogen) atoms. The van der Waals surface area contributed by atoms with E-state index in [4.69, 9.17) is 0 Å². The molecule has 0 spiro atoms. The molecule has 2 aromatic rings. The highest BCUT2D eigenvalue weighted by atomic mass is 32.2. The molecule has 1 saturated heterocycles. The smallest absolute Gasteiger partial charge is 0.272 e. The average Bonchev–Trinajstić information content (AvgIpc) is 3.23. The third-order valence-electron chi connectivity index (χ3n) is 4.29. The Labute approximate surface area is 143 Å². The molecular weight excluding hydrogens is 330 g/mol. The predicted molar refractivity (Wildman–Crippen MR) is 95.4 cm³/mol. The number of likely N-dealkylation sites (tertiary alicyclic amines) is 1. The van der Waals surface area contributed by atoms with Gasteiger partial charge in [-0.05, 0) is 37.6 Å². The number of thiophene rings is 1. The second-order valence-corrected chi connectivity index (χ2v) is 7.70. The van der Waals surface area contributed by atoms with E-state index in [1.165, 1.54) is 23.1 Å². The van der Waals surface area contributed by atoms with Crippen LogP contribution in [-0.4, -0.2) is 39.2 Å². The second-order valence-electron chi connectivity index (χ2n) is 5.84. The van der Waals surface area contributed by atoms with E-state index in [1.54, 1.807) is 4.57 Å². The number of carbonyl (C=O) groups excluding carboxylic acids is 1. The molecule has 0 bridgehead atoms. The molecular formula is C16H21N3O2S2. The van der Waals surface area contributed by atoms with Crippen molar-refractivity contribution in [2.24, 2.45) is 0 Å². The summed E-state index contributed by atoms with van der Waals surface area (Å²) in [6.45, 7) is 5.79. The molecule has 1 unspecified atom stereocenters. The van der Waals surface area contributed by atoms with Crippen molar-refractivity contribution in [3.63, 3.8) is 0 Å². The molecule has 1 atom stereocenters. The maximum Gasteiger partial charge on any atom is 0.272 e. The van der Waals surface area contributed by atoms with Gasteiger partial charge in [-0.1, -0.05) is 18.7 Å². The molecule has 0 N–H and O–H groups in total. The van der Waals surface area contributed by atoms with E-state index in [1.807, 2.05) is 23.3 Å². The van der Waals surface area contributed by atoms with E-state index >= 15 is 0 Å². The monoisotopic (exact) mass is 351 g/mol. The van der Waals surface area contributed by atoms with Crippen molar-refractivity contribution in [3.8, 4) is 0 Å². The molecule has 1 fully saturated rings. The lowest BCUT2D eigenvalue weighted by molar-refractivity contribution is -0.127. The first-order chi connectivity index (χ1) is 11.1. The largest absolute Gasteiger partial charge is 0.342 e. The van der Waals surface area contributed by atoms with Gasteiger partial charge in [-0.3, -0.25) is 14.2 Å². The number of thioether (sulfide) groups is 1. The van der Waals surface area contributed by atoms with Crippen LogP contribution < -0.4 is 5.56 Å². The zero-order valence-corrected chi connectivity index (χ0v) is 15.1. The molecule has 124 valence electrons. The Kier molecular flexibility index (Phi) is 5.06. The Morgan fingerprint density at radius 2 is 2.17 bits per heavy atom. The van der Waals surface area contributed by atoms with Crippen molar-refractivity contribution in [1.29, 1.82) is 0 Å². The van der Waals surface area contributed by atoms with Crippen molar-refractivity contribution in [2.45, 2.75) is 44.3 Å².